The molecule has 0 atom stereocenters. The maximum absolute atomic E-state index is 13.1. The number of esters is 1. The van der Waals surface area contributed by atoms with Gasteiger partial charge in [0.25, 0.3) is 0 Å². The van der Waals surface area contributed by atoms with Gasteiger partial charge < -0.3 is 4.74 Å². The number of halogens is 1. The van der Waals surface area contributed by atoms with Gasteiger partial charge in [-0.3, -0.25) is 0 Å². The van der Waals surface area contributed by atoms with Crippen LogP contribution in [0.3, 0.4) is 0 Å². The summed E-state index contributed by atoms with van der Waals surface area (Å²) in [5, 5.41) is 0.865. The molecule has 0 spiro atoms. The van der Waals surface area contributed by atoms with E-state index in [0.29, 0.717) is 4.88 Å². The fraction of sp³-hybridized carbons (Fsp3) is 0.0667. The van der Waals surface area contributed by atoms with Crippen molar-refractivity contribution < 1.29 is 13.9 Å². The Morgan fingerprint density at radius 3 is 2.70 bits per heavy atom. The third-order valence-electron chi connectivity index (χ3n) is 2.97. The molecule has 3 nitrogen and oxygen atoms in total. The van der Waals surface area contributed by atoms with E-state index in [1.807, 2.05) is 12.1 Å². The van der Waals surface area contributed by atoms with Crippen LogP contribution in [0.4, 0.5) is 4.39 Å². The summed E-state index contributed by atoms with van der Waals surface area (Å²) in [4.78, 5) is 17.4. The highest BCUT2D eigenvalue weighted by molar-refractivity contribution is 7.21. The number of hydrogen-bond acceptors (Lipinski definition) is 4. The van der Waals surface area contributed by atoms with Crippen LogP contribution in [0.1, 0.15) is 9.67 Å². The quantitative estimate of drug-likeness (QED) is 0.671. The summed E-state index contributed by atoms with van der Waals surface area (Å²) in [5.41, 5.74) is 1.51. The highest BCUT2D eigenvalue weighted by atomic mass is 32.1. The van der Waals surface area contributed by atoms with Crippen molar-refractivity contribution >= 4 is 27.5 Å². The van der Waals surface area contributed by atoms with Crippen molar-refractivity contribution in [2.45, 2.75) is 0 Å². The Hall–Kier alpha value is -2.27. The second-order valence-electron chi connectivity index (χ2n) is 4.16. The Morgan fingerprint density at radius 2 is 2.00 bits per heavy atom. The zero-order valence-electron chi connectivity index (χ0n) is 10.6. The molecule has 0 aliphatic rings. The van der Waals surface area contributed by atoms with E-state index < -0.39 is 5.97 Å². The zero-order chi connectivity index (χ0) is 14.1. The van der Waals surface area contributed by atoms with Gasteiger partial charge in [0, 0.05) is 17.1 Å². The predicted octanol–water partition coefficient (Wildman–Crippen LogP) is 3.89. The number of methoxy groups -OCH3 is 1. The normalized spacial score (nSPS) is 10.7. The van der Waals surface area contributed by atoms with E-state index in [4.69, 9.17) is 4.74 Å². The molecule has 0 amide bonds. The number of benzene rings is 1. The lowest BCUT2D eigenvalue weighted by atomic mass is 10.0. The molecular weight excluding hydrogens is 277 g/mol. The van der Waals surface area contributed by atoms with Crippen molar-refractivity contribution in [2.75, 3.05) is 7.11 Å². The van der Waals surface area contributed by atoms with Gasteiger partial charge in [0.05, 0.1) is 7.11 Å². The molecule has 0 saturated heterocycles. The molecule has 100 valence electrons. The monoisotopic (exact) mass is 287 g/mol. The van der Waals surface area contributed by atoms with Gasteiger partial charge in [0.1, 0.15) is 15.5 Å². The van der Waals surface area contributed by atoms with Crippen LogP contribution in [-0.4, -0.2) is 18.1 Å². The molecule has 0 saturated carbocycles. The minimum Gasteiger partial charge on any atom is -0.465 e. The lowest BCUT2D eigenvalue weighted by molar-refractivity contribution is 0.0607. The predicted molar refractivity (Wildman–Crippen MR) is 76.4 cm³/mol. The third kappa shape index (κ3) is 2.06. The van der Waals surface area contributed by atoms with Crippen LogP contribution in [0, 0.1) is 5.82 Å². The zero-order valence-corrected chi connectivity index (χ0v) is 11.4. The molecule has 2 heterocycles. The summed E-state index contributed by atoms with van der Waals surface area (Å²) < 4.78 is 17.9. The molecule has 0 N–H and O–H groups in total. The second kappa shape index (κ2) is 5.02. The molecule has 0 unspecified atom stereocenters. The van der Waals surface area contributed by atoms with Gasteiger partial charge in [-0.2, -0.15) is 0 Å². The molecule has 0 fully saturated rings. The van der Waals surface area contributed by atoms with E-state index in [0.717, 1.165) is 21.3 Å². The fourth-order valence-electron chi connectivity index (χ4n) is 2.07. The Kier molecular flexibility index (Phi) is 3.20. The molecule has 0 aliphatic carbocycles. The lowest BCUT2D eigenvalue weighted by Crippen LogP contribution is -1.99. The maximum atomic E-state index is 13.1. The van der Waals surface area contributed by atoms with Gasteiger partial charge in [0.2, 0.25) is 0 Å². The topological polar surface area (TPSA) is 39.2 Å². The van der Waals surface area contributed by atoms with E-state index in [-0.39, 0.29) is 5.82 Å². The molecule has 20 heavy (non-hydrogen) atoms. The van der Waals surface area contributed by atoms with E-state index >= 15 is 0 Å². The summed E-state index contributed by atoms with van der Waals surface area (Å²) in [7, 11) is 1.34. The van der Waals surface area contributed by atoms with Crippen LogP contribution >= 0.6 is 11.3 Å². The average Bonchev–Trinajstić information content (AvgIpc) is 2.87. The smallest absolute Gasteiger partial charge is 0.348 e. The number of rotatable bonds is 2. The minimum atomic E-state index is -0.410. The number of pyridine rings is 1. The van der Waals surface area contributed by atoms with E-state index in [9.17, 15) is 9.18 Å². The summed E-state index contributed by atoms with van der Waals surface area (Å²) >= 11 is 1.28. The van der Waals surface area contributed by atoms with Crippen LogP contribution in [0.15, 0.2) is 42.6 Å². The first-order valence-electron chi connectivity index (χ1n) is 5.92. The lowest BCUT2D eigenvalue weighted by Gasteiger charge is -2.03. The first kappa shape index (κ1) is 12.7. The Morgan fingerprint density at radius 1 is 1.25 bits per heavy atom. The standard InChI is InChI=1S/C15H10FNO2S/c1-19-15(18)13-12(9-4-6-10(16)7-5-9)11-3-2-8-17-14(11)20-13/h2-8H,1H3. The second-order valence-corrected chi connectivity index (χ2v) is 5.16. The number of nitrogens with zero attached hydrogens (tertiary/aromatic N) is 1. The van der Waals surface area contributed by atoms with Crippen LogP contribution < -0.4 is 0 Å². The number of aromatic nitrogens is 1. The summed E-state index contributed by atoms with van der Waals surface area (Å²) in [6.07, 6.45) is 1.67. The van der Waals surface area contributed by atoms with Crippen molar-refractivity contribution in [3.8, 4) is 11.1 Å². The first-order valence-corrected chi connectivity index (χ1v) is 6.74. The summed E-state index contributed by atoms with van der Waals surface area (Å²) in [6.45, 7) is 0. The van der Waals surface area contributed by atoms with Crippen LogP contribution in [-0.2, 0) is 4.74 Å². The van der Waals surface area contributed by atoms with Gasteiger partial charge in [-0.15, -0.1) is 11.3 Å². The highest BCUT2D eigenvalue weighted by Crippen LogP contribution is 2.38. The van der Waals surface area contributed by atoms with Crippen molar-refractivity contribution in [3.05, 3.63) is 53.3 Å². The number of ether oxygens (including phenoxy) is 1. The average molecular weight is 287 g/mol. The van der Waals surface area contributed by atoms with Crippen molar-refractivity contribution in [3.63, 3.8) is 0 Å². The van der Waals surface area contributed by atoms with Crippen molar-refractivity contribution in [2.24, 2.45) is 0 Å². The Labute approximate surface area is 118 Å². The molecule has 3 rings (SSSR count). The fourth-order valence-corrected chi connectivity index (χ4v) is 3.16. The number of carbonyl (C=O) groups is 1. The van der Waals surface area contributed by atoms with Crippen molar-refractivity contribution in [1.82, 2.24) is 4.98 Å². The molecule has 0 radical (unpaired) electrons. The summed E-state index contributed by atoms with van der Waals surface area (Å²) in [6, 6.07) is 9.74. The largest absolute Gasteiger partial charge is 0.465 e. The highest BCUT2D eigenvalue weighted by Gasteiger charge is 2.20. The molecule has 2 aromatic heterocycles. The number of hydrogen-bond donors (Lipinski definition) is 0. The van der Waals surface area contributed by atoms with E-state index in [2.05, 4.69) is 4.98 Å². The van der Waals surface area contributed by atoms with Gasteiger partial charge in [-0.1, -0.05) is 12.1 Å². The first-order chi connectivity index (χ1) is 9.70. The van der Waals surface area contributed by atoms with Crippen LogP contribution in [0.5, 0.6) is 0 Å². The molecule has 3 aromatic rings. The third-order valence-corrected chi connectivity index (χ3v) is 4.06. The number of fused-ring (bicyclic) bond motifs is 1. The Bertz CT molecular complexity index is 780. The van der Waals surface area contributed by atoms with Crippen LogP contribution in [0.2, 0.25) is 0 Å². The minimum absolute atomic E-state index is 0.314. The molecule has 0 aliphatic heterocycles. The SMILES string of the molecule is COC(=O)c1sc2ncccc2c1-c1ccc(F)cc1. The molecule has 5 heteroatoms. The molecular formula is C15H10FNO2S. The molecule has 1 aromatic carbocycles. The van der Waals surface area contributed by atoms with Gasteiger partial charge in [-0.05, 0) is 29.8 Å². The van der Waals surface area contributed by atoms with E-state index in [1.165, 1.54) is 30.6 Å². The Balaban J connectivity index is 2.31. The maximum Gasteiger partial charge on any atom is 0.348 e. The van der Waals surface area contributed by atoms with E-state index in [1.54, 1.807) is 18.3 Å². The van der Waals surface area contributed by atoms with Crippen LogP contribution in [0.25, 0.3) is 21.3 Å². The number of carbonyl (C=O) groups excluding carboxylic acids is 1. The van der Waals surface area contributed by atoms with Crippen molar-refractivity contribution in [1.29, 1.82) is 0 Å². The van der Waals surface area contributed by atoms with Gasteiger partial charge in [0.15, 0.2) is 0 Å². The number of thiophene rings is 1. The van der Waals surface area contributed by atoms with Gasteiger partial charge >= 0.3 is 5.97 Å². The molecule has 0 bridgehead atoms. The summed E-state index contributed by atoms with van der Waals surface area (Å²) in [5.74, 6) is -0.724. The van der Waals surface area contributed by atoms with Gasteiger partial charge in [-0.25, -0.2) is 14.2 Å².